The molecule has 0 bridgehead atoms. The summed E-state index contributed by atoms with van der Waals surface area (Å²) in [6.45, 7) is 0. The number of aromatic nitrogens is 2. The molecule has 0 radical (unpaired) electrons. The summed E-state index contributed by atoms with van der Waals surface area (Å²) >= 11 is 0. The molecule has 0 saturated heterocycles. The Balaban J connectivity index is 0.973. The van der Waals surface area contributed by atoms with Crippen LogP contribution >= 0.6 is 0 Å². The van der Waals surface area contributed by atoms with Gasteiger partial charge in [-0.2, -0.15) is 0 Å². The van der Waals surface area contributed by atoms with Crippen LogP contribution in [-0.2, 0) is 0 Å². The van der Waals surface area contributed by atoms with E-state index in [2.05, 4.69) is 240 Å². The molecule has 0 aliphatic heterocycles. The minimum absolute atomic E-state index is 0.907. The van der Waals surface area contributed by atoms with Crippen molar-refractivity contribution in [1.29, 1.82) is 0 Å². The molecule has 13 aromatic rings. The van der Waals surface area contributed by atoms with E-state index in [0.29, 0.717) is 0 Å². The molecule has 64 heavy (non-hydrogen) atoms. The summed E-state index contributed by atoms with van der Waals surface area (Å²) < 4.78 is 11.1. The maximum Gasteiger partial charge on any atom is 0.179 e. The third kappa shape index (κ3) is 5.46. The number of para-hydroxylation sites is 3. The maximum absolute atomic E-state index is 6.19. The molecule has 300 valence electrons. The highest BCUT2D eigenvalue weighted by atomic mass is 28.3. The first-order valence-electron chi connectivity index (χ1n) is 22.0. The first kappa shape index (κ1) is 36.5. The van der Waals surface area contributed by atoms with Gasteiger partial charge in [0.1, 0.15) is 11.2 Å². The zero-order valence-corrected chi connectivity index (χ0v) is 35.9. The highest BCUT2D eigenvalue weighted by molar-refractivity contribution is 7.19. The fraction of sp³-hybridized carbons (Fsp3) is 0. The van der Waals surface area contributed by atoms with Gasteiger partial charge in [-0.1, -0.05) is 176 Å². The van der Waals surface area contributed by atoms with Crippen LogP contribution in [0, 0.1) is 0 Å². The van der Waals surface area contributed by atoms with Crippen molar-refractivity contribution in [3.63, 3.8) is 0 Å². The standard InChI is InChI=1S/C60H40N2OSi/c1-4-16-45(17-5-1)64(46-18-6-2-7-19-46,47-20-8-3-9-21-47)48-33-30-43(31-34-48)61-56-26-14-11-23-50(56)53-40-44(32-36-57(53)61)62-55-25-13-10-22-49(55)51-35-28-42(39-58(51)62)41-29-37-60-54(38-41)52-24-12-15-27-59(52)63-60/h1-40H. The molecule has 13 rings (SSSR count). The second-order valence-corrected chi connectivity index (χ2v) is 20.7. The highest BCUT2D eigenvalue weighted by Gasteiger charge is 2.41. The number of hydrogen-bond donors (Lipinski definition) is 0. The Morgan fingerprint density at radius 1 is 0.266 bits per heavy atom. The van der Waals surface area contributed by atoms with E-state index in [0.717, 1.165) is 33.3 Å². The van der Waals surface area contributed by atoms with E-state index in [1.807, 2.05) is 12.1 Å². The van der Waals surface area contributed by atoms with Gasteiger partial charge in [0, 0.05) is 43.7 Å². The van der Waals surface area contributed by atoms with Gasteiger partial charge in [0.25, 0.3) is 0 Å². The molecule has 4 heteroatoms. The van der Waals surface area contributed by atoms with E-state index in [1.165, 1.54) is 75.5 Å². The first-order valence-corrected chi connectivity index (χ1v) is 24.0. The van der Waals surface area contributed by atoms with Gasteiger partial charge < -0.3 is 13.6 Å². The van der Waals surface area contributed by atoms with Gasteiger partial charge in [-0.15, -0.1) is 0 Å². The Labute approximate surface area is 371 Å². The summed E-state index contributed by atoms with van der Waals surface area (Å²) in [5, 5.41) is 12.7. The third-order valence-electron chi connectivity index (χ3n) is 13.5. The van der Waals surface area contributed by atoms with Crippen LogP contribution in [0.2, 0.25) is 0 Å². The van der Waals surface area contributed by atoms with Crippen LogP contribution in [0.5, 0.6) is 0 Å². The lowest BCUT2D eigenvalue weighted by Gasteiger charge is -2.34. The number of fused-ring (bicyclic) bond motifs is 9. The van der Waals surface area contributed by atoms with Crippen molar-refractivity contribution in [2.24, 2.45) is 0 Å². The molecule has 0 fully saturated rings. The molecule has 0 amide bonds. The number of furan rings is 1. The van der Waals surface area contributed by atoms with Crippen LogP contribution in [0.15, 0.2) is 247 Å². The van der Waals surface area contributed by atoms with Gasteiger partial charge in [0.2, 0.25) is 0 Å². The molecular weight excluding hydrogens is 793 g/mol. The Kier molecular flexibility index (Phi) is 8.23. The van der Waals surface area contributed by atoms with Crippen molar-refractivity contribution in [3.8, 4) is 22.5 Å². The van der Waals surface area contributed by atoms with Crippen molar-refractivity contribution in [2.75, 3.05) is 0 Å². The lowest BCUT2D eigenvalue weighted by molar-refractivity contribution is 0.669. The maximum atomic E-state index is 6.19. The van der Waals surface area contributed by atoms with Crippen LogP contribution in [0.25, 0.3) is 88.1 Å². The highest BCUT2D eigenvalue weighted by Crippen LogP contribution is 2.39. The summed E-state index contributed by atoms with van der Waals surface area (Å²) in [7, 11) is -2.66. The van der Waals surface area contributed by atoms with E-state index in [4.69, 9.17) is 4.42 Å². The molecule has 10 aromatic carbocycles. The van der Waals surface area contributed by atoms with Crippen molar-refractivity contribution >= 4 is 94.4 Å². The second-order valence-electron chi connectivity index (χ2n) is 16.8. The van der Waals surface area contributed by atoms with Gasteiger partial charge in [-0.3, -0.25) is 0 Å². The fourth-order valence-electron chi connectivity index (χ4n) is 10.6. The van der Waals surface area contributed by atoms with E-state index >= 15 is 0 Å². The second kappa shape index (κ2) is 14.5. The predicted octanol–water partition coefficient (Wildman–Crippen LogP) is 12.8. The van der Waals surface area contributed by atoms with Crippen LogP contribution in [0.3, 0.4) is 0 Å². The van der Waals surface area contributed by atoms with Gasteiger partial charge in [-0.25, -0.2) is 0 Å². The Bertz CT molecular complexity index is 3790. The molecule has 0 aliphatic carbocycles. The molecule has 0 aliphatic rings. The minimum atomic E-state index is -2.66. The van der Waals surface area contributed by atoms with E-state index in [-0.39, 0.29) is 0 Å². The molecule has 0 saturated carbocycles. The molecule has 0 atom stereocenters. The van der Waals surface area contributed by atoms with Crippen LogP contribution in [-0.4, -0.2) is 17.2 Å². The van der Waals surface area contributed by atoms with Gasteiger partial charge in [-0.05, 0) is 98.6 Å². The molecule has 3 heterocycles. The van der Waals surface area contributed by atoms with Crippen molar-refractivity contribution in [1.82, 2.24) is 9.13 Å². The first-order chi connectivity index (χ1) is 31.7. The normalized spacial score (nSPS) is 12.1. The van der Waals surface area contributed by atoms with Crippen LogP contribution in [0.4, 0.5) is 0 Å². The number of rotatable bonds is 7. The zero-order valence-electron chi connectivity index (χ0n) is 34.9. The molecule has 0 N–H and O–H groups in total. The summed E-state index contributed by atoms with van der Waals surface area (Å²) in [5.41, 5.74) is 11.2. The Morgan fingerprint density at radius 3 is 1.38 bits per heavy atom. The van der Waals surface area contributed by atoms with E-state index in [9.17, 15) is 0 Å². The smallest absolute Gasteiger partial charge is 0.179 e. The molecule has 3 nitrogen and oxygen atoms in total. The lowest BCUT2D eigenvalue weighted by atomic mass is 10.0. The van der Waals surface area contributed by atoms with Crippen molar-refractivity contribution in [3.05, 3.63) is 243 Å². The van der Waals surface area contributed by atoms with E-state index in [1.54, 1.807) is 0 Å². The third-order valence-corrected chi connectivity index (χ3v) is 18.3. The average Bonchev–Trinajstić information content (AvgIpc) is 4.02. The average molecular weight is 833 g/mol. The predicted molar refractivity (Wildman–Crippen MR) is 271 cm³/mol. The van der Waals surface area contributed by atoms with Gasteiger partial charge in [0.05, 0.1) is 22.1 Å². The zero-order chi connectivity index (χ0) is 42.2. The number of hydrogen-bond acceptors (Lipinski definition) is 1. The summed E-state index contributed by atoms with van der Waals surface area (Å²) in [5.74, 6) is 0. The van der Waals surface area contributed by atoms with Gasteiger partial charge in [0.15, 0.2) is 8.07 Å². The van der Waals surface area contributed by atoms with Gasteiger partial charge >= 0.3 is 0 Å². The quantitative estimate of drug-likeness (QED) is 0.116. The summed E-state index contributed by atoms with van der Waals surface area (Å²) in [6, 6.07) is 89.3. The molecule has 0 spiro atoms. The number of nitrogens with zero attached hydrogens (tertiary/aromatic N) is 2. The lowest BCUT2D eigenvalue weighted by Crippen LogP contribution is -2.74. The van der Waals surface area contributed by atoms with Crippen LogP contribution in [0.1, 0.15) is 0 Å². The SMILES string of the molecule is c1ccc([Si](c2ccccc2)(c2ccccc2)c2ccc(-n3c4ccccc4c4cc(-n5c6ccccc6c6ccc(-c7ccc8oc9ccccc9c8c7)cc65)ccc43)cc2)cc1. The van der Waals surface area contributed by atoms with E-state index < -0.39 is 8.07 Å². The number of benzene rings is 10. The van der Waals surface area contributed by atoms with Crippen LogP contribution < -0.4 is 20.7 Å². The topological polar surface area (TPSA) is 23.0 Å². The molecular formula is C60H40N2OSi. The monoisotopic (exact) mass is 832 g/mol. The van der Waals surface area contributed by atoms with Crippen molar-refractivity contribution in [2.45, 2.75) is 0 Å². The summed E-state index contributed by atoms with van der Waals surface area (Å²) in [4.78, 5) is 0. The largest absolute Gasteiger partial charge is 0.456 e. The fourth-order valence-corrected chi connectivity index (χ4v) is 15.4. The Hall–Kier alpha value is -8.18. The minimum Gasteiger partial charge on any atom is -0.456 e. The summed E-state index contributed by atoms with van der Waals surface area (Å²) in [6.07, 6.45) is 0. The molecule has 0 unspecified atom stereocenters. The van der Waals surface area contributed by atoms with Crippen molar-refractivity contribution < 1.29 is 4.42 Å². The Morgan fingerprint density at radius 2 is 0.719 bits per heavy atom. The molecule has 3 aromatic heterocycles.